The highest BCUT2D eigenvalue weighted by Crippen LogP contribution is 2.33. The largest absolute Gasteiger partial charge is 0.507 e. The van der Waals surface area contributed by atoms with Crippen LogP contribution in [0.2, 0.25) is 5.02 Å². The van der Waals surface area contributed by atoms with Crippen molar-refractivity contribution in [3.63, 3.8) is 0 Å². The maximum absolute atomic E-state index is 13.3. The maximum atomic E-state index is 13.3. The first-order valence-corrected chi connectivity index (χ1v) is 9.19. The summed E-state index contributed by atoms with van der Waals surface area (Å²) in [6.45, 7) is 1.24. The second-order valence-corrected chi connectivity index (χ2v) is 6.58. The Labute approximate surface area is 172 Å². The van der Waals surface area contributed by atoms with Gasteiger partial charge in [0.1, 0.15) is 23.8 Å². The first kappa shape index (κ1) is 20.4. The summed E-state index contributed by atoms with van der Waals surface area (Å²) in [6, 6.07) is 12.7. The number of hydrogen-bond donors (Lipinski definition) is 3. The molecular formula is C21H19ClFN3O3. The van der Waals surface area contributed by atoms with Crippen molar-refractivity contribution < 1.29 is 19.0 Å². The van der Waals surface area contributed by atoms with Crippen LogP contribution in [0.15, 0.2) is 48.5 Å². The quantitative estimate of drug-likeness (QED) is 0.383. The van der Waals surface area contributed by atoms with Crippen molar-refractivity contribution in [3.8, 4) is 17.0 Å². The van der Waals surface area contributed by atoms with E-state index in [-0.39, 0.29) is 23.7 Å². The molecule has 2 aromatic carbocycles. The first-order chi connectivity index (χ1) is 13.9. The molecule has 8 heteroatoms. The Bertz CT molecular complexity index is 1060. The molecule has 0 spiro atoms. The van der Waals surface area contributed by atoms with Crippen LogP contribution in [-0.4, -0.2) is 22.7 Å². The van der Waals surface area contributed by atoms with E-state index in [9.17, 15) is 14.3 Å². The molecule has 0 amide bonds. The average Bonchev–Trinajstić information content (AvgIpc) is 2.70. The summed E-state index contributed by atoms with van der Waals surface area (Å²) in [4.78, 5) is 16.1. The van der Waals surface area contributed by atoms with Gasteiger partial charge in [-0.3, -0.25) is 0 Å². The SMILES string of the molecule is CCOC(=O)c1ccc(-c2cc(Nc3ccc(Cl)cc3CF)ccc2O)nc1N. The average molecular weight is 416 g/mol. The van der Waals surface area contributed by atoms with E-state index in [2.05, 4.69) is 10.3 Å². The van der Waals surface area contributed by atoms with Crippen molar-refractivity contribution in [1.29, 1.82) is 0 Å². The zero-order chi connectivity index (χ0) is 21.0. The number of nitrogens with two attached hydrogens (primary N) is 1. The number of carbonyl (C=O) groups is 1. The van der Waals surface area contributed by atoms with Crippen LogP contribution in [0.25, 0.3) is 11.3 Å². The van der Waals surface area contributed by atoms with Crippen LogP contribution >= 0.6 is 11.6 Å². The Hall–Kier alpha value is -3.32. The molecule has 0 unspecified atom stereocenters. The number of phenols is 1. The van der Waals surface area contributed by atoms with Gasteiger partial charge in [-0.05, 0) is 55.5 Å². The molecule has 0 radical (unpaired) electrons. The second-order valence-electron chi connectivity index (χ2n) is 6.14. The predicted molar refractivity (Wildman–Crippen MR) is 111 cm³/mol. The van der Waals surface area contributed by atoms with Crippen molar-refractivity contribution in [2.24, 2.45) is 0 Å². The molecule has 0 bridgehead atoms. The fraction of sp³-hybridized carbons (Fsp3) is 0.143. The fourth-order valence-electron chi connectivity index (χ4n) is 2.78. The Morgan fingerprint density at radius 3 is 2.72 bits per heavy atom. The number of hydrogen-bond acceptors (Lipinski definition) is 6. The van der Waals surface area contributed by atoms with Crippen LogP contribution in [-0.2, 0) is 11.4 Å². The van der Waals surface area contributed by atoms with Gasteiger partial charge in [-0.1, -0.05) is 11.6 Å². The maximum Gasteiger partial charge on any atom is 0.341 e. The van der Waals surface area contributed by atoms with Crippen molar-refractivity contribution in [3.05, 3.63) is 64.7 Å². The molecule has 6 nitrogen and oxygen atoms in total. The number of nitrogens with one attached hydrogen (secondary N) is 1. The molecule has 0 atom stereocenters. The van der Waals surface area contributed by atoms with E-state index < -0.39 is 12.6 Å². The summed E-state index contributed by atoms with van der Waals surface area (Å²) >= 11 is 5.91. The number of benzene rings is 2. The lowest BCUT2D eigenvalue weighted by molar-refractivity contribution is 0.0527. The van der Waals surface area contributed by atoms with Gasteiger partial charge in [-0.2, -0.15) is 0 Å². The smallest absolute Gasteiger partial charge is 0.341 e. The normalized spacial score (nSPS) is 10.6. The van der Waals surface area contributed by atoms with Crippen LogP contribution in [0.3, 0.4) is 0 Å². The van der Waals surface area contributed by atoms with Crippen molar-refractivity contribution >= 4 is 34.8 Å². The molecule has 0 aliphatic carbocycles. The topological polar surface area (TPSA) is 97.5 Å². The highest BCUT2D eigenvalue weighted by atomic mass is 35.5. The van der Waals surface area contributed by atoms with Crippen molar-refractivity contribution in [2.45, 2.75) is 13.6 Å². The third kappa shape index (κ3) is 4.57. The van der Waals surface area contributed by atoms with E-state index in [4.69, 9.17) is 22.1 Å². The van der Waals surface area contributed by atoms with E-state index in [1.807, 2.05) is 0 Å². The van der Waals surface area contributed by atoms with E-state index in [1.165, 1.54) is 12.1 Å². The lowest BCUT2D eigenvalue weighted by Gasteiger charge is -2.13. The first-order valence-electron chi connectivity index (χ1n) is 8.81. The molecule has 0 fully saturated rings. The van der Waals surface area contributed by atoms with Crippen LogP contribution in [0.1, 0.15) is 22.8 Å². The minimum atomic E-state index is -0.679. The van der Waals surface area contributed by atoms with Gasteiger partial charge in [-0.25, -0.2) is 14.2 Å². The Morgan fingerprint density at radius 1 is 1.24 bits per heavy atom. The van der Waals surface area contributed by atoms with Crippen LogP contribution < -0.4 is 11.1 Å². The summed E-state index contributed by atoms with van der Waals surface area (Å²) < 4.78 is 18.2. The number of phenolic OH excluding ortho intramolecular Hbond substituents is 1. The highest BCUT2D eigenvalue weighted by molar-refractivity contribution is 6.30. The van der Waals surface area contributed by atoms with E-state index in [1.54, 1.807) is 43.3 Å². The number of aromatic hydroxyl groups is 1. The zero-order valence-corrected chi connectivity index (χ0v) is 16.3. The number of halogens is 2. The molecule has 0 saturated carbocycles. The molecule has 0 saturated heterocycles. The molecule has 1 aromatic heterocycles. The van der Waals surface area contributed by atoms with Gasteiger partial charge in [-0.15, -0.1) is 0 Å². The number of pyridine rings is 1. The third-order valence-corrected chi connectivity index (χ3v) is 4.42. The number of nitrogen functional groups attached to an aromatic ring is 1. The molecular weight excluding hydrogens is 397 g/mol. The van der Waals surface area contributed by atoms with Gasteiger partial charge < -0.3 is 20.9 Å². The number of aromatic nitrogens is 1. The Morgan fingerprint density at radius 2 is 2.03 bits per heavy atom. The minimum Gasteiger partial charge on any atom is -0.507 e. The number of alkyl halides is 1. The molecule has 0 aliphatic heterocycles. The van der Waals surface area contributed by atoms with Crippen LogP contribution in [0, 0.1) is 0 Å². The van der Waals surface area contributed by atoms with E-state index >= 15 is 0 Å². The van der Waals surface area contributed by atoms with Gasteiger partial charge >= 0.3 is 5.97 Å². The van der Waals surface area contributed by atoms with E-state index in [0.29, 0.717) is 33.2 Å². The van der Waals surface area contributed by atoms with Crippen LogP contribution in [0.5, 0.6) is 5.75 Å². The Balaban J connectivity index is 1.94. The molecule has 3 rings (SSSR count). The molecule has 150 valence electrons. The minimum absolute atomic E-state index is 0.00358. The summed E-state index contributed by atoms with van der Waals surface area (Å²) in [6.07, 6.45) is 0. The number of nitrogens with zero attached hydrogens (tertiary/aromatic N) is 1. The fourth-order valence-corrected chi connectivity index (χ4v) is 2.97. The number of carbonyl (C=O) groups excluding carboxylic acids is 1. The third-order valence-electron chi connectivity index (χ3n) is 4.18. The van der Waals surface area contributed by atoms with E-state index in [0.717, 1.165) is 0 Å². The lowest BCUT2D eigenvalue weighted by atomic mass is 10.1. The molecule has 29 heavy (non-hydrogen) atoms. The Kier molecular flexibility index (Phi) is 6.19. The number of anilines is 3. The molecule has 1 heterocycles. The predicted octanol–water partition coefficient (Wildman–Crippen LogP) is 5.08. The van der Waals surface area contributed by atoms with Gasteiger partial charge in [0.2, 0.25) is 0 Å². The molecule has 4 N–H and O–H groups in total. The number of ether oxygens (including phenoxy) is 1. The van der Waals surface area contributed by atoms with Crippen LogP contribution in [0.4, 0.5) is 21.6 Å². The van der Waals surface area contributed by atoms with Gasteiger partial charge in [0, 0.05) is 27.5 Å². The van der Waals surface area contributed by atoms with Crippen molar-refractivity contribution in [1.82, 2.24) is 4.98 Å². The highest BCUT2D eigenvalue weighted by Gasteiger charge is 2.15. The lowest BCUT2D eigenvalue weighted by Crippen LogP contribution is -2.09. The number of rotatable bonds is 6. The summed E-state index contributed by atoms with van der Waals surface area (Å²) in [5.74, 6) is -0.588. The monoisotopic (exact) mass is 415 g/mol. The van der Waals surface area contributed by atoms with Gasteiger partial charge in [0.05, 0.1) is 12.3 Å². The second kappa shape index (κ2) is 8.79. The molecule has 3 aromatic rings. The van der Waals surface area contributed by atoms with Crippen molar-refractivity contribution in [2.75, 3.05) is 17.7 Å². The standard InChI is InChI=1S/C21H19ClFN3O3/c1-2-29-21(28)15-5-7-18(26-20(15)24)16-10-14(4-8-19(16)27)25-17-6-3-13(22)9-12(17)11-23/h3-10,25,27H,2,11H2,1H3,(H2,24,26). The van der Waals surface area contributed by atoms with Gasteiger partial charge in [0.25, 0.3) is 0 Å². The summed E-state index contributed by atoms with van der Waals surface area (Å²) in [7, 11) is 0. The summed E-state index contributed by atoms with van der Waals surface area (Å²) in [5.41, 5.74) is 8.38. The zero-order valence-electron chi connectivity index (χ0n) is 15.6. The number of esters is 1. The summed E-state index contributed by atoms with van der Waals surface area (Å²) in [5, 5.41) is 13.8. The molecule has 0 aliphatic rings. The van der Waals surface area contributed by atoms with Gasteiger partial charge in [0.15, 0.2) is 0 Å².